The minimum atomic E-state index is -2.92. The number of sulfone groups is 1. The number of rotatable bonds is 2. The summed E-state index contributed by atoms with van der Waals surface area (Å²) in [4.78, 5) is 1.05. The molecule has 1 aromatic heterocycles. The van der Waals surface area contributed by atoms with Crippen molar-refractivity contribution in [2.24, 2.45) is 5.92 Å². The normalized spacial score (nSPS) is 25.8. The molecule has 1 N–H and O–H groups in total. The molecule has 0 bridgehead atoms. The zero-order chi connectivity index (χ0) is 11.9. The van der Waals surface area contributed by atoms with Gasteiger partial charge in [-0.25, -0.2) is 8.42 Å². The second-order valence-electron chi connectivity index (χ2n) is 4.17. The molecule has 2 atom stereocenters. The molecule has 90 valence electrons. The van der Waals surface area contributed by atoms with Gasteiger partial charge in [-0.05, 0) is 40.9 Å². The van der Waals surface area contributed by atoms with Gasteiger partial charge in [-0.15, -0.1) is 11.3 Å². The smallest absolute Gasteiger partial charge is 0.150 e. The molecule has 0 spiro atoms. The number of aliphatic hydroxyl groups is 1. The van der Waals surface area contributed by atoms with Crippen LogP contribution >= 0.6 is 27.3 Å². The Hall–Kier alpha value is 0.0900. The second-order valence-corrected chi connectivity index (χ2v) is 9.03. The lowest BCUT2D eigenvalue weighted by molar-refractivity contribution is 0.121. The molecule has 0 aliphatic carbocycles. The lowest BCUT2D eigenvalue weighted by Gasteiger charge is -2.16. The fourth-order valence-corrected chi connectivity index (χ4v) is 5.66. The fourth-order valence-electron chi connectivity index (χ4n) is 2.08. The minimum Gasteiger partial charge on any atom is -0.388 e. The van der Waals surface area contributed by atoms with Crippen LogP contribution in [0.1, 0.15) is 23.0 Å². The zero-order valence-electron chi connectivity index (χ0n) is 8.81. The van der Waals surface area contributed by atoms with Crippen molar-refractivity contribution in [3.05, 3.63) is 20.3 Å². The predicted molar refractivity (Wildman–Crippen MR) is 68.5 cm³/mol. The average molecular weight is 325 g/mol. The maximum absolute atomic E-state index is 11.3. The van der Waals surface area contributed by atoms with Crippen molar-refractivity contribution >= 4 is 37.1 Å². The molecular weight excluding hydrogens is 312 g/mol. The Labute approximate surface area is 108 Å². The van der Waals surface area contributed by atoms with E-state index in [0.717, 1.165) is 14.2 Å². The van der Waals surface area contributed by atoms with Crippen molar-refractivity contribution in [3.8, 4) is 0 Å². The van der Waals surface area contributed by atoms with E-state index in [1.165, 1.54) is 0 Å². The van der Waals surface area contributed by atoms with Gasteiger partial charge < -0.3 is 5.11 Å². The summed E-state index contributed by atoms with van der Waals surface area (Å²) in [6.07, 6.45) is -0.0871. The number of halogens is 1. The summed E-state index contributed by atoms with van der Waals surface area (Å²) in [5.74, 6) is 0.172. The summed E-state index contributed by atoms with van der Waals surface area (Å²) in [7, 11) is -2.92. The van der Waals surface area contributed by atoms with E-state index < -0.39 is 15.9 Å². The third-order valence-electron chi connectivity index (χ3n) is 2.96. The summed E-state index contributed by atoms with van der Waals surface area (Å²) >= 11 is 4.93. The first-order valence-electron chi connectivity index (χ1n) is 5.03. The predicted octanol–water partition coefficient (Wildman–Crippen LogP) is 2.29. The maximum atomic E-state index is 11.3. The van der Waals surface area contributed by atoms with Crippen molar-refractivity contribution < 1.29 is 13.5 Å². The van der Waals surface area contributed by atoms with E-state index in [2.05, 4.69) is 15.9 Å². The highest BCUT2D eigenvalue weighted by molar-refractivity contribution is 9.11. The van der Waals surface area contributed by atoms with Crippen LogP contribution in [0.25, 0.3) is 0 Å². The Kier molecular flexibility index (Phi) is 3.45. The minimum absolute atomic E-state index is 0.112. The largest absolute Gasteiger partial charge is 0.388 e. The van der Waals surface area contributed by atoms with Crippen LogP contribution in [-0.4, -0.2) is 25.0 Å². The van der Waals surface area contributed by atoms with Crippen molar-refractivity contribution in [1.82, 2.24) is 0 Å². The number of aryl methyl sites for hydroxylation is 1. The van der Waals surface area contributed by atoms with Crippen molar-refractivity contribution in [2.45, 2.75) is 19.4 Å². The Morgan fingerprint density at radius 2 is 2.31 bits per heavy atom. The highest BCUT2D eigenvalue weighted by atomic mass is 79.9. The summed E-state index contributed by atoms with van der Waals surface area (Å²) in [6.45, 7) is 1.94. The highest BCUT2D eigenvalue weighted by Gasteiger charge is 2.34. The first-order valence-corrected chi connectivity index (χ1v) is 8.46. The summed E-state index contributed by atoms with van der Waals surface area (Å²) in [6, 6.07) is 1.88. The average Bonchev–Trinajstić information content (AvgIpc) is 2.68. The van der Waals surface area contributed by atoms with Gasteiger partial charge in [0.05, 0.1) is 21.4 Å². The molecule has 16 heavy (non-hydrogen) atoms. The highest BCUT2D eigenvalue weighted by Crippen LogP contribution is 2.37. The van der Waals surface area contributed by atoms with Crippen molar-refractivity contribution in [1.29, 1.82) is 0 Å². The van der Waals surface area contributed by atoms with Crippen LogP contribution in [0.15, 0.2) is 9.85 Å². The molecule has 1 fully saturated rings. The van der Waals surface area contributed by atoms with Crippen LogP contribution in [0.4, 0.5) is 0 Å². The molecular formula is C10H13BrO3S2. The van der Waals surface area contributed by atoms with E-state index >= 15 is 0 Å². The molecule has 0 saturated carbocycles. The topological polar surface area (TPSA) is 54.4 Å². The molecule has 1 aliphatic rings. The molecule has 1 aromatic rings. The van der Waals surface area contributed by atoms with E-state index in [4.69, 9.17) is 0 Å². The second kappa shape index (κ2) is 4.40. The lowest BCUT2D eigenvalue weighted by Crippen LogP contribution is -2.14. The van der Waals surface area contributed by atoms with Gasteiger partial charge in [-0.1, -0.05) is 0 Å². The number of hydrogen-bond donors (Lipinski definition) is 1. The zero-order valence-corrected chi connectivity index (χ0v) is 12.0. The van der Waals surface area contributed by atoms with E-state index in [1.54, 1.807) is 11.3 Å². The number of hydrogen-bond acceptors (Lipinski definition) is 4. The molecule has 6 heteroatoms. The van der Waals surface area contributed by atoms with Crippen molar-refractivity contribution in [3.63, 3.8) is 0 Å². The van der Waals surface area contributed by atoms with Crippen LogP contribution in [0, 0.1) is 12.8 Å². The van der Waals surface area contributed by atoms with Gasteiger partial charge in [0.1, 0.15) is 0 Å². The third-order valence-corrected chi connectivity index (χ3v) is 6.32. The maximum Gasteiger partial charge on any atom is 0.150 e. The Bertz CT molecular complexity index is 492. The fraction of sp³-hybridized carbons (Fsp3) is 0.600. The first kappa shape index (κ1) is 12.5. The Morgan fingerprint density at radius 3 is 2.75 bits per heavy atom. The molecule has 0 radical (unpaired) electrons. The van der Waals surface area contributed by atoms with Crippen LogP contribution in [0.5, 0.6) is 0 Å². The quantitative estimate of drug-likeness (QED) is 0.908. The van der Waals surface area contributed by atoms with Gasteiger partial charge in [-0.3, -0.25) is 0 Å². The van der Waals surface area contributed by atoms with Crippen LogP contribution in [-0.2, 0) is 9.84 Å². The van der Waals surface area contributed by atoms with E-state index in [-0.39, 0.29) is 17.4 Å². The van der Waals surface area contributed by atoms with Gasteiger partial charge in [0.15, 0.2) is 9.84 Å². The summed E-state index contributed by atoms with van der Waals surface area (Å²) < 4.78 is 23.7. The van der Waals surface area contributed by atoms with E-state index in [0.29, 0.717) is 6.42 Å². The van der Waals surface area contributed by atoms with Gasteiger partial charge in [-0.2, -0.15) is 0 Å². The molecule has 2 rings (SSSR count). The Morgan fingerprint density at radius 1 is 1.62 bits per heavy atom. The SMILES string of the molecule is Cc1sc(Br)cc1C(O)C1CCS(=O)(=O)C1. The third kappa shape index (κ3) is 2.50. The van der Waals surface area contributed by atoms with Gasteiger partial charge >= 0.3 is 0 Å². The van der Waals surface area contributed by atoms with E-state index in [1.807, 2.05) is 13.0 Å². The van der Waals surface area contributed by atoms with Crippen LogP contribution in [0.2, 0.25) is 0 Å². The Balaban J connectivity index is 2.20. The number of thiophene rings is 1. The lowest BCUT2D eigenvalue weighted by atomic mass is 9.96. The van der Waals surface area contributed by atoms with Gasteiger partial charge in [0.25, 0.3) is 0 Å². The molecule has 3 nitrogen and oxygen atoms in total. The van der Waals surface area contributed by atoms with E-state index in [9.17, 15) is 13.5 Å². The molecule has 2 unspecified atom stereocenters. The molecule has 0 aromatic carbocycles. The monoisotopic (exact) mass is 324 g/mol. The van der Waals surface area contributed by atoms with Crippen molar-refractivity contribution in [2.75, 3.05) is 11.5 Å². The van der Waals surface area contributed by atoms with Crippen LogP contribution < -0.4 is 0 Å². The summed E-state index contributed by atoms with van der Waals surface area (Å²) in [5.41, 5.74) is 0.860. The van der Waals surface area contributed by atoms with Gasteiger partial charge in [0.2, 0.25) is 0 Å². The standard InChI is InChI=1S/C10H13BrO3S2/c1-6-8(4-9(11)15-6)10(12)7-2-3-16(13,14)5-7/h4,7,10,12H,2-3,5H2,1H3. The van der Waals surface area contributed by atoms with Crippen LogP contribution in [0.3, 0.4) is 0 Å². The molecule has 2 heterocycles. The first-order chi connectivity index (χ1) is 7.39. The molecule has 1 aliphatic heterocycles. The molecule has 1 saturated heterocycles. The number of aliphatic hydroxyl groups excluding tert-OH is 1. The van der Waals surface area contributed by atoms with Gasteiger partial charge in [0, 0.05) is 10.8 Å². The molecule has 0 amide bonds. The summed E-state index contributed by atoms with van der Waals surface area (Å²) in [5, 5.41) is 10.2.